The summed E-state index contributed by atoms with van der Waals surface area (Å²) < 4.78 is 4.17. The molecule has 7 heterocycles. The second-order valence-electron chi connectivity index (χ2n) is 16.6. The lowest BCUT2D eigenvalue weighted by Crippen LogP contribution is -2.57. The van der Waals surface area contributed by atoms with Gasteiger partial charge in [0.15, 0.2) is 0 Å². The molecule has 16 N–H and O–H groups in total. The lowest BCUT2D eigenvalue weighted by molar-refractivity contribution is 0.0144. The summed E-state index contributed by atoms with van der Waals surface area (Å²) in [4.78, 5) is 38.1. The first-order valence-corrected chi connectivity index (χ1v) is 20.9. The molecule has 11 rings (SSSR count). The Bertz CT molecular complexity index is 3380. The van der Waals surface area contributed by atoms with Gasteiger partial charge in [-0.25, -0.2) is 19.9 Å². The zero-order valence-electron chi connectivity index (χ0n) is 35.3. The number of benzene rings is 4. The van der Waals surface area contributed by atoms with Crippen LogP contribution >= 0.6 is 0 Å². The molecule has 326 valence electrons. The molecular formula is C47H43N19. The van der Waals surface area contributed by atoms with Gasteiger partial charge in [0, 0.05) is 47.0 Å². The maximum atomic E-state index is 8.25. The van der Waals surface area contributed by atoms with Crippen LogP contribution in [0.5, 0.6) is 0 Å². The van der Waals surface area contributed by atoms with Gasteiger partial charge in [-0.2, -0.15) is 0 Å². The normalized spacial score (nSPS) is 18.4. The van der Waals surface area contributed by atoms with Crippen LogP contribution in [0.3, 0.4) is 0 Å². The number of fused-ring (bicyclic) bond motifs is 4. The molecule has 1 aliphatic heterocycles. The summed E-state index contributed by atoms with van der Waals surface area (Å²) in [6, 6.07) is 28.3. The molecule has 4 aromatic carbocycles. The van der Waals surface area contributed by atoms with Gasteiger partial charge in [-0.3, -0.25) is 26.5 Å². The van der Waals surface area contributed by atoms with E-state index >= 15 is 0 Å². The van der Waals surface area contributed by atoms with Crippen LogP contribution in [0, 0.1) is 21.6 Å². The average Bonchev–Trinajstić information content (AvgIpc) is 4.17. The molecule has 0 amide bonds. The van der Waals surface area contributed by atoms with Gasteiger partial charge in [0.2, 0.25) is 0 Å². The number of hydrogen-bond acceptors (Lipinski definition) is 9. The molecule has 4 atom stereocenters. The molecule has 0 radical (unpaired) electrons. The van der Waals surface area contributed by atoms with Crippen molar-refractivity contribution in [3.8, 4) is 0 Å². The van der Waals surface area contributed by atoms with E-state index in [2.05, 4.69) is 46.1 Å². The minimum Gasteiger partial charge on any atom is -0.384 e. The zero-order valence-corrected chi connectivity index (χ0v) is 35.3. The maximum absolute atomic E-state index is 8.25. The van der Waals surface area contributed by atoms with Gasteiger partial charge >= 0.3 is 0 Å². The molecule has 1 aliphatic rings. The van der Waals surface area contributed by atoms with Crippen molar-refractivity contribution in [2.24, 2.45) is 22.9 Å². The van der Waals surface area contributed by atoms with E-state index in [-0.39, 0.29) is 23.3 Å². The zero-order chi connectivity index (χ0) is 45.6. The highest BCUT2D eigenvalue weighted by molar-refractivity contribution is 6.00. The Morgan fingerprint density at radius 3 is 1.09 bits per heavy atom. The van der Waals surface area contributed by atoms with Crippen LogP contribution in [0.25, 0.3) is 44.1 Å². The first kappa shape index (κ1) is 39.7. The molecule has 0 saturated carbocycles. The first-order chi connectivity index (χ1) is 31.8. The van der Waals surface area contributed by atoms with Crippen molar-refractivity contribution >= 4 is 67.5 Å². The van der Waals surface area contributed by atoms with Crippen molar-refractivity contribution in [1.29, 1.82) is 21.6 Å². The molecule has 6 aromatic heterocycles. The Morgan fingerprint density at radius 2 is 0.773 bits per heavy atom. The molecule has 0 spiro atoms. The fourth-order valence-corrected chi connectivity index (χ4v) is 9.63. The molecule has 66 heavy (non-hydrogen) atoms. The fraction of sp³-hybridized carbons (Fsp3) is 0.106. The van der Waals surface area contributed by atoms with E-state index < -0.39 is 23.2 Å². The monoisotopic (exact) mass is 873 g/mol. The number of nitrogen functional groups attached to an aromatic ring is 4. The lowest BCUT2D eigenvalue weighted by Gasteiger charge is -2.49. The molecule has 0 fully saturated rings. The molecule has 19 heteroatoms. The number of amidine groups is 4. The Morgan fingerprint density at radius 1 is 0.470 bits per heavy atom. The Balaban J connectivity index is 1.23. The summed E-state index contributed by atoms with van der Waals surface area (Å²) in [6.45, 7) is 0. The number of nitrogens with two attached hydrogens (primary N) is 4. The van der Waals surface area contributed by atoms with Crippen LogP contribution in [0.15, 0.2) is 134 Å². The highest BCUT2D eigenvalue weighted by Crippen LogP contribution is 2.57. The summed E-state index contributed by atoms with van der Waals surface area (Å²) in [7, 11) is 2.03. The third kappa shape index (κ3) is 5.94. The van der Waals surface area contributed by atoms with E-state index in [9.17, 15) is 0 Å². The number of hydrogen-bond donors (Lipinski definition) is 12. The van der Waals surface area contributed by atoms with Crippen LogP contribution in [-0.2, 0) is 11.1 Å². The minimum absolute atomic E-state index is 0.0734. The van der Waals surface area contributed by atoms with E-state index in [4.69, 9.17) is 64.5 Å². The molecule has 0 saturated heterocycles. The number of H-pyrrole nitrogens is 4. The molecular weight excluding hydrogens is 831 g/mol. The standard InChI is InChI=1S/C47H43N19/c1-64-46(44-60-30-12-8-26(40(52)53)22-34(30)62-44,36(65-16-2-3-17-65)42-56-28-10-6-24(38(48)49)20-32(28)58-42)14-15-47(64,45-61-31-13-9-27(41(54)55)23-35(31)63-45)37(66-18-4-5-19-66)43-57-29-11-7-25(39(50)51)21-33(29)59-43/h2-23,36-37H,1H3,(H3,48,49)(H3,50,51)(H3,52,53)(H3,54,55)(H,56,58)(H,57,59)(H,60,62)(H,61,63). The lowest BCUT2D eigenvalue weighted by atomic mass is 9.84. The summed E-state index contributed by atoms with van der Waals surface area (Å²) in [5.74, 6) is 1.92. The van der Waals surface area contributed by atoms with Crippen LogP contribution < -0.4 is 22.9 Å². The van der Waals surface area contributed by atoms with E-state index in [1.54, 1.807) is 48.5 Å². The number of imidazole rings is 4. The Kier molecular flexibility index (Phi) is 8.71. The van der Waals surface area contributed by atoms with Gasteiger partial charge in [-0.15, -0.1) is 0 Å². The van der Waals surface area contributed by atoms with Gasteiger partial charge in [0.1, 0.15) is 69.8 Å². The van der Waals surface area contributed by atoms with E-state index in [0.717, 1.165) is 22.1 Å². The highest BCUT2D eigenvalue weighted by Gasteiger charge is 2.63. The third-order valence-corrected chi connectivity index (χ3v) is 12.9. The van der Waals surface area contributed by atoms with Crippen molar-refractivity contribution in [2.75, 3.05) is 7.05 Å². The Labute approximate surface area is 374 Å². The minimum atomic E-state index is -1.27. The predicted octanol–water partition coefficient (Wildman–Crippen LogP) is 5.10. The SMILES string of the molecule is CN1C(c2nc3cc(C(=N)N)ccc3[nH]2)(C(c2nc3cc(C(=N)N)ccc3[nH]2)n2cccc2)C=CC1(c1nc2cc(C(=N)N)ccc2[nH]1)C(c1nc2cc(C(=N)N)ccc2[nH]1)n1cccc1. The van der Waals surface area contributed by atoms with Crippen LogP contribution in [0.1, 0.15) is 57.6 Å². The number of aromatic nitrogens is 10. The highest BCUT2D eigenvalue weighted by atomic mass is 15.4. The molecule has 19 nitrogen and oxygen atoms in total. The quantitative estimate of drug-likeness (QED) is 0.0441. The topological polar surface area (TPSA) is 327 Å². The summed E-state index contributed by atoms with van der Waals surface area (Å²) in [5, 5.41) is 32.9. The summed E-state index contributed by atoms with van der Waals surface area (Å²) in [5.41, 5.74) is 28.9. The second-order valence-corrected chi connectivity index (χ2v) is 16.6. The number of nitrogens with zero attached hydrogens (tertiary/aromatic N) is 7. The Hall–Kier alpha value is -9.10. The first-order valence-electron chi connectivity index (χ1n) is 20.9. The number of likely N-dealkylation sites (N-methyl/N-ethyl adjacent to an activating group) is 1. The number of aromatic amines is 4. The second kappa shape index (κ2) is 14.5. The van der Waals surface area contributed by atoms with Crippen molar-refractivity contribution in [3.63, 3.8) is 0 Å². The van der Waals surface area contributed by atoms with Crippen LogP contribution in [0.4, 0.5) is 0 Å². The number of rotatable bonds is 12. The van der Waals surface area contributed by atoms with Gasteiger partial charge in [0.05, 0.1) is 44.1 Å². The predicted molar refractivity (Wildman–Crippen MR) is 254 cm³/mol. The molecule has 0 bridgehead atoms. The van der Waals surface area contributed by atoms with Gasteiger partial charge in [-0.1, -0.05) is 12.2 Å². The van der Waals surface area contributed by atoms with Crippen molar-refractivity contribution in [2.45, 2.75) is 23.2 Å². The van der Waals surface area contributed by atoms with Crippen molar-refractivity contribution in [1.82, 2.24) is 53.9 Å². The average molecular weight is 874 g/mol. The molecule has 0 aliphatic carbocycles. The molecule has 10 aromatic rings. The van der Waals surface area contributed by atoms with Crippen molar-refractivity contribution < 1.29 is 0 Å². The maximum Gasteiger partial charge on any atom is 0.134 e. The number of nitrogens with one attached hydrogen (secondary N) is 8. The van der Waals surface area contributed by atoms with Crippen LogP contribution in [0.2, 0.25) is 0 Å². The summed E-state index contributed by atoms with van der Waals surface area (Å²) in [6.07, 6.45) is 12.2. The molecule has 4 unspecified atom stereocenters. The van der Waals surface area contributed by atoms with Gasteiger partial charge < -0.3 is 52.0 Å². The fourth-order valence-electron chi connectivity index (χ4n) is 9.63. The van der Waals surface area contributed by atoms with E-state index in [1.165, 1.54) is 0 Å². The smallest absolute Gasteiger partial charge is 0.134 e. The largest absolute Gasteiger partial charge is 0.384 e. The van der Waals surface area contributed by atoms with Crippen LogP contribution in [-0.4, -0.2) is 84.3 Å². The van der Waals surface area contributed by atoms with E-state index in [1.807, 2.05) is 80.4 Å². The van der Waals surface area contributed by atoms with Crippen molar-refractivity contribution in [3.05, 3.63) is 180 Å². The summed E-state index contributed by atoms with van der Waals surface area (Å²) >= 11 is 0. The van der Waals surface area contributed by atoms with Gasteiger partial charge in [-0.05, 0) is 104 Å². The third-order valence-electron chi connectivity index (χ3n) is 12.9. The van der Waals surface area contributed by atoms with E-state index in [0.29, 0.717) is 67.6 Å². The van der Waals surface area contributed by atoms with Gasteiger partial charge in [0.25, 0.3) is 0 Å².